The van der Waals surface area contributed by atoms with E-state index in [1.165, 1.54) is 0 Å². The van der Waals surface area contributed by atoms with Gasteiger partial charge in [0.15, 0.2) is 0 Å². The molecule has 0 aliphatic carbocycles. The second kappa shape index (κ2) is 8.97. The number of likely N-dealkylation sites (N-methyl/N-ethyl adjacent to an activating group) is 1. The summed E-state index contributed by atoms with van der Waals surface area (Å²) >= 11 is 0. The molecule has 0 amide bonds. The molecule has 0 saturated heterocycles. The molecule has 0 unspecified atom stereocenters. The largest absolute Gasteiger partial charge is 0.388 e. The van der Waals surface area contributed by atoms with E-state index in [-0.39, 0.29) is 0 Å². The number of unbranched alkanes of at least 4 members (excludes halogenated alkanes) is 1. The zero-order valence-electron chi connectivity index (χ0n) is 9.38. The second-order valence-corrected chi connectivity index (χ2v) is 3.48. The molecule has 4 heteroatoms. The Morgan fingerprint density at radius 2 is 2.07 bits per heavy atom. The van der Waals surface area contributed by atoms with Gasteiger partial charge in [0.1, 0.15) is 0 Å². The summed E-state index contributed by atoms with van der Waals surface area (Å²) in [7, 11) is 2.09. The van der Waals surface area contributed by atoms with E-state index in [4.69, 9.17) is 15.9 Å². The summed E-state index contributed by atoms with van der Waals surface area (Å²) in [5.41, 5.74) is 5.26. The second-order valence-electron chi connectivity index (χ2n) is 3.48. The lowest BCUT2D eigenvalue weighted by atomic mass is 10.2. The Morgan fingerprint density at radius 3 is 2.64 bits per heavy atom. The number of rotatable bonds is 9. The Balaban J connectivity index is 3.18. The number of nitrogens with two attached hydrogens (primary N) is 1. The lowest BCUT2D eigenvalue weighted by Gasteiger charge is -2.15. The van der Waals surface area contributed by atoms with Crippen molar-refractivity contribution in [3.8, 4) is 0 Å². The molecule has 0 atom stereocenters. The third kappa shape index (κ3) is 9.48. The molecular formula is C10H23N3O. The van der Waals surface area contributed by atoms with Crippen LogP contribution in [0.3, 0.4) is 0 Å². The Bertz CT molecular complexity index is 150. The monoisotopic (exact) mass is 201 g/mol. The number of hydrogen-bond donors (Lipinski definition) is 2. The van der Waals surface area contributed by atoms with Crippen LogP contribution >= 0.6 is 0 Å². The molecule has 0 radical (unpaired) electrons. The lowest BCUT2D eigenvalue weighted by molar-refractivity contribution is 0.122. The van der Waals surface area contributed by atoms with Gasteiger partial charge in [-0.15, -0.1) is 0 Å². The van der Waals surface area contributed by atoms with Gasteiger partial charge in [-0.1, -0.05) is 0 Å². The van der Waals surface area contributed by atoms with Crippen LogP contribution in [0.4, 0.5) is 0 Å². The minimum Gasteiger partial charge on any atom is -0.388 e. The van der Waals surface area contributed by atoms with Crippen molar-refractivity contribution in [2.24, 2.45) is 5.73 Å². The fraction of sp³-hybridized carbons (Fsp3) is 0.900. The number of nitrogens with zero attached hydrogens (tertiary/aromatic N) is 1. The van der Waals surface area contributed by atoms with Gasteiger partial charge in [-0.3, -0.25) is 5.41 Å². The van der Waals surface area contributed by atoms with Crippen LogP contribution in [0.2, 0.25) is 0 Å². The highest BCUT2D eigenvalue weighted by atomic mass is 16.5. The summed E-state index contributed by atoms with van der Waals surface area (Å²) in [6.45, 7) is 5.64. The predicted octanol–water partition coefficient (Wildman–Crippen LogP) is 1.06. The number of nitrogens with one attached hydrogen (secondary N) is 1. The van der Waals surface area contributed by atoms with Crippen molar-refractivity contribution in [1.82, 2.24) is 4.90 Å². The highest BCUT2D eigenvalue weighted by Gasteiger charge is 1.98. The summed E-state index contributed by atoms with van der Waals surface area (Å²) < 4.78 is 5.25. The minimum absolute atomic E-state index is 0.293. The fourth-order valence-corrected chi connectivity index (χ4v) is 1.17. The maximum atomic E-state index is 7.06. The molecule has 84 valence electrons. The SMILES string of the molecule is CCOCCN(C)CCCCC(=N)N. The molecule has 0 aromatic carbocycles. The van der Waals surface area contributed by atoms with Crippen LogP contribution < -0.4 is 5.73 Å². The van der Waals surface area contributed by atoms with E-state index in [1.54, 1.807) is 0 Å². The zero-order valence-corrected chi connectivity index (χ0v) is 9.38. The highest BCUT2D eigenvalue weighted by Crippen LogP contribution is 1.96. The van der Waals surface area contributed by atoms with Crippen molar-refractivity contribution in [1.29, 1.82) is 5.41 Å². The van der Waals surface area contributed by atoms with E-state index in [0.717, 1.165) is 45.6 Å². The Hall–Kier alpha value is -0.610. The molecule has 0 heterocycles. The van der Waals surface area contributed by atoms with Crippen LogP contribution in [0, 0.1) is 5.41 Å². The predicted molar refractivity (Wildman–Crippen MR) is 59.8 cm³/mol. The number of hydrogen-bond acceptors (Lipinski definition) is 3. The van der Waals surface area contributed by atoms with Crippen molar-refractivity contribution in [3.63, 3.8) is 0 Å². The molecule has 0 saturated carbocycles. The average Bonchev–Trinajstić information content (AvgIpc) is 2.13. The van der Waals surface area contributed by atoms with Gasteiger partial charge in [0.05, 0.1) is 12.4 Å². The smallest absolute Gasteiger partial charge is 0.0905 e. The summed E-state index contributed by atoms with van der Waals surface area (Å²) in [6.07, 6.45) is 2.83. The maximum absolute atomic E-state index is 7.06. The normalized spacial score (nSPS) is 10.8. The van der Waals surface area contributed by atoms with E-state index >= 15 is 0 Å². The van der Waals surface area contributed by atoms with Crippen molar-refractivity contribution in [2.75, 3.05) is 33.4 Å². The van der Waals surface area contributed by atoms with Crippen molar-refractivity contribution < 1.29 is 4.74 Å². The maximum Gasteiger partial charge on any atom is 0.0905 e. The first-order valence-electron chi connectivity index (χ1n) is 5.26. The zero-order chi connectivity index (χ0) is 10.8. The quantitative estimate of drug-likeness (QED) is 0.333. The van der Waals surface area contributed by atoms with Gasteiger partial charge in [-0.05, 0) is 33.4 Å². The third-order valence-corrected chi connectivity index (χ3v) is 2.06. The van der Waals surface area contributed by atoms with Crippen molar-refractivity contribution >= 4 is 5.84 Å². The summed E-state index contributed by atoms with van der Waals surface area (Å²) in [5.74, 6) is 0.293. The van der Waals surface area contributed by atoms with Gasteiger partial charge >= 0.3 is 0 Å². The van der Waals surface area contributed by atoms with Crippen LogP contribution in [0.15, 0.2) is 0 Å². The van der Waals surface area contributed by atoms with E-state index in [9.17, 15) is 0 Å². The molecular weight excluding hydrogens is 178 g/mol. The molecule has 4 nitrogen and oxygen atoms in total. The Labute approximate surface area is 86.9 Å². The number of ether oxygens (including phenoxy) is 1. The first kappa shape index (κ1) is 13.4. The minimum atomic E-state index is 0.293. The van der Waals surface area contributed by atoms with Crippen LogP contribution in [-0.2, 0) is 4.74 Å². The first-order chi connectivity index (χ1) is 6.66. The molecule has 0 spiro atoms. The Kier molecular flexibility index (Phi) is 8.57. The average molecular weight is 201 g/mol. The summed E-state index contributed by atoms with van der Waals surface area (Å²) in [5, 5.41) is 7.06. The van der Waals surface area contributed by atoms with Crippen LogP contribution in [-0.4, -0.2) is 44.1 Å². The van der Waals surface area contributed by atoms with Gasteiger partial charge in [-0.2, -0.15) is 0 Å². The van der Waals surface area contributed by atoms with Crippen molar-refractivity contribution in [2.45, 2.75) is 26.2 Å². The highest BCUT2D eigenvalue weighted by molar-refractivity contribution is 5.76. The fourth-order valence-electron chi connectivity index (χ4n) is 1.17. The van der Waals surface area contributed by atoms with Gasteiger partial charge in [0.2, 0.25) is 0 Å². The molecule has 3 N–H and O–H groups in total. The molecule has 0 aromatic rings. The lowest BCUT2D eigenvalue weighted by Crippen LogP contribution is -2.24. The third-order valence-electron chi connectivity index (χ3n) is 2.06. The molecule has 0 aromatic heterocycles. The topological polar surface area (TPSA) is 62.3 Å². The van der Waals surface area contributed by atoms with E-state index in [0.29, 0.717) is 5.84 Å². The van der Waals surface area contributed by atoms with Crippen LogP contribution in [0.1, 0.15) is 26.2 Å². The Morgan fingerprint density at radius 1 is 1.36 bits per heavy atom. The van der Waals surface area contributed by atoms with E-state index in [1.807, 2.05) is 6.92 Å². The van der Waals surface area contributed by atoms with Crippen LogP contribution in [0.5, 0.6) is 0 Å². The van der Waals surface area contributed by atoms with Gasteiger partial charge < -0.3 is 15.4 Å². The molecule has 0 rings (SSSR count). The number of amidine groups is 1. The molecule has 0 bridgehead atoms. The molecule has 0 aliphatic heterocycles. The van der Waals surface area contributed by atoms with E-state index < -0.39 is 0 Å². The van der Waals surface area contributed by atoms with Gasteiger partial charge in [-0.25, -0.2) is 0 Å². The molecule has 14 heavy (non-hydrogen) atoms. The van der Waals surface area contributed by atoms with Gasteiger partial charge in [0, 0.05) is 19.6 Å². The standard InChI is InChI=1S/C10H23N3O/c1-3-14-9-8-13(2)7-5-4-6-10(11)12/h3-9H2,1-2H3,(H3,11,12). The summed E-state index contributed by atoms with van der Waals surface area (Å²) in [4.78, 5) is 2.25. The molecule has 0 aliphatic rings. The first-order valence-corrected chi connectivity index (χ1v) is 5.26. The summed E-state index contributed by atoms with van der Waals surface area (Å²) in [6, 6.07) is 0. The van der Waals surface area contributed by atoms with Crippen LogP contribution in [0.25, 0.3) is 0 Å². The van der Waals surface area contributed by atoms with Crippen molar-refractivity contribution in [3.05, 3.63) is 0 Å². The van der Waals surface area contributed by atoms with Gasteiger partial charge in [0.25, 0.3) is 0 Å². The van der Waals surface area contributed by atoms with E-state index in [2.05, 4.69) is 11.9 Å². The molecule has 0 fully saturated rings.